The van der Waals surface area contributed by atoms with Crippen LogP contribution in [0.15, 0.2) is 11.8 Å². The minimum atomic E-state index is -0.633. The number of ketones is 2. The van der Waals surface area contributed by atoms with E-state index in [1.807, 2.05) is 13.8 Å². The van der Waals surface area contributed by atoms with Crippen molar-refractivity contribution >= 4 is 11.6 Å². The van der Waals surface area contributed by atoms with Crippen molar-refractivity contribution in [2.75, 3.05) is 0 Å². The second-order valence-electron chi connectivity index (χ2n) is 15.6. The molecule has 0 heterocycles. The van der Waals surface area contributed by atoms with E-state index in [4.69, 9.17) is 0 Å². The van der Waals surface area contributed by atoms with E-state index in [1.165, 1.54) is 0 Å². The van der Waals surface area contributed by atoms with Gasteiger partial charge in [0.05, 0.1) is 11.9 Å². The molecule has 2 N–H and O–H groups in total. The molecule has 0 spiro atoms. The lowest BCUT2D eigenvalue weighted by atomic mass is 9.38. The molecule has 4 heteroatoms. The molecule has 0 aromatic carbocycles. The third-order valence-corrected chi connectivity index (χ3v) is 12.0. The Hall–Kier alpha value is -1.16. The summed E-state index contributed by atoms with van der Waals surface area (Å²) in [5.74, 6) is 0.770. The summed E-state index contributed by atoms with van der Waals surface area (Å²) < 4.78 is 0. The molecule has 0 aromatic heterocycles. The van der Waals surface area contributed by atoms with Crippen LogP contribution in [0, 0.1) is 44.8 Å². The Bertz CT molecular complexity index is 911. The zero-order chi connectivity index (χ0) is 27.5. The van der Waals surface area contributed by atoms with Crippen LogP contribution in [0.25, 0.3) is 0 Å². The topological polar surface area (TPSA) is 74.6 Å². The Morgan fingerprint density at radius 1 is 1.08 bits per heavy atom. The van der Waals surface area contributed by atoms with Gasteiger partial charge in [0.2, 0.25) is 0 Å². The van der Waals surface area contributed by atoms with Gasteiger partial charge in [0, 0.05) is 17.4 Å². The number of aliphatic hydroxyl groups is 2. The van der Waals surface area contributed by atoms with Crippen LogP contribution in [0.1, 0.15) is 127 Å². The van der Waals surface area contributed by atoms with E-state index < -0.39 is 11.0 Å². The molecule has 0 amide bonds. The number of fused-ring (bicyclic) bond motifs is 1. The summed E-state index contributed by atoms with van der Waals surface area (Å²) >= 11 is 0. The van der Waals surface area contributed by atoms with Crippen LogP contribution in [0.3, 0.4) is 0 Å². The molecule has 0 bridgehead atoms. The normalized spacial score (nSPS) is 41.7. The number of aliphatic hydroxyl groups excluding tert-OH is 1. The van der Waals surface area contributed by atoms with Crippen molar-refractivity contribution in [3.63, 3.8) is 0 Å². The monoisotopic (exact) mass is 502 g/mol. The molecule has 206 valence electrons. The van der Waals surface area contributed by atoms with Crippen LogP contribution in [0.5, 0.6) is 0 Å². The first-order valence-corrected chi connectivity index (χ1v) is 14.4. The zero-order valence-corrected chi connectivity index (χ0v) is 24.9. The van der Waals surface area contributed by atoms with Crippen molar-refractivity contribution < 1.29 is 19.8 Å². The van der Waals surface area contributed by atoms with Gasteiger partial charge in [-0.3, -0.25) is 4.79 Å². The van der Waals surface area contributed by atoms with Gasteiger partial charge in [-0.2, -0.15) is 0 Å². The summed E-state index contributed by atoms with van der Waals surface area (Å²) in [4.78, 5) is 25.9. The summed E-state index contributed by atoms with van der Waals surface area (Å²) in [5.41, 5.74) is -0.903. The Balaban J connectivity index is 1.96. The minimum absolute atomic E-state index is 0.0494. The lowest BCUT2D eigenvalue weighted by Gasteiger charge is -2.65. The highest BCUT2D eigenvalue weighted by Crippen LogP contribution is 2.69. The quantitative estimate of drug-likeness (QED) is 0.287. The maximum Gasteiger partial charge on any atom is 0.167 e. The van der Waals surface area contributed by atoms with Crippen LogP contribution in [-0.4, -0.2) is 27.4 Å². The van der Waals surface area contributed by atoms with Gasteiger partial charge < -0.3 is 15.0 Å². The van der Waals surface area contributed by atoms with Gasteiger partial charge >= 0.3 is 0 Å². The molecule has 0 saturated heterocycles. The first-order valence-electron chi connectivity index (χ1n) is 14.4. The lowest BCUT2D eigenvalue weighted by Crippen LogP contribution is -2.61. The average Bonchev–Trinajstić information content (AvgIpc) is 2.75. The lowest BCUT2D eigenvalue weighted by molar-refractivity contribution is -0.174. The number of carbonyl (C=O) groups excluding carboxylic acids is 2. The fourth-order valence-corrected chi connectivity index (χ4v) is 9.18. The Labute approximate surface area is 220 Å². The molecule has 3 aliphatic carbocycles. The SMILES string of the molecule is CC(=O)C[C@@H]1[C@@]2(C)C/C(=C\O)C(=O)C(C)(C)[C@@H]2CC[C@@]1(C)C(C)(C)CC[C@@]1(O)CCC(C)(C)CC1C. The zero-order valence-electron chi connectivity index (χ0n) is 24.9. The summed E-state index contributed by atoms with van der Waals surface area (Å²) in [5, 5.41) is 21.7. The van der Waals surface area contributed by atoms with Crippen LogP contribution in [0.4, 0.5) is 0 Å². The summed E-state index contributed by atoms with van der Waals surface area (Å²) in [6.07, 6.45) is 8.59. The van der Waals surface area contributed by atoms with E-state index in [-0.39, 0.29) is 51.0 Å². The molecule has 0 radical (unpaired) electrons. The van der Waals surface area contributed by atoms with Crippen LogP contribution >= 0.6 is 0 Å². The van der Waals surface area contributed by atoms with Gasteiger partial charge in [0.15, 0.2) is 5.78 Å². The maximum absolute atomic E-state index is 13.2. The first-order chi connectivity index (χ1) is 16.3. The van der Waals surface area contributed by atoms with Crippen LogP contribution < -0.4 is 0 Å². The number of carbonyl (C=O) groups is 2. The molecule has 36 heavy (non-hydrogen) atoms. The molecule has 0 aliphatic heterocycles. The molecule has 0 aromatic rings. The Kier molecular flexibility index (Phi) is 7.55. The highest BCUT2D eigenvalue weighted by molar-refractivity contribution is 6.00. The standard InChI is InChI=1S/C32H54O4/c1-21-18-27(3,4)13-15-32(21,36)16-14-28(5,6)31(10)12-11-24-29(7,8)26(35)23(20-33)19-30(24,9)25(31)17-22(2)34/h20-21,24-25,33,36H,11-19H2,1-10H3/b23-20+/t21?,24-,25+,30-,31+,32-/m0/s1. The van der Waals surface area contributed by atoms with E-state index >= 15 is 0 Å². The molecule has 1 unspecified atom stereocenters. The highest BCUT2D eigenvalue weighted by Gasteiger charge is 2.64. The number of Topliss-reactive ketones (excluding diaryl/α,β-unsaturated/α-hetero) is 2. The van der Waals surface area contributed by atoms with Crippen molar-refractivity contribution in [3.05, 3.63) is 11.8 Å². The molecular weight excluding hydrogens is 448 g/mol. The predicted molar refractivity (Wildman–Crippen MR) is 147 cm³/mol. The third-order valence-electron chi connectivity index (χ3n) is 12.0. The van der Waals surface area contributed by atoms with Crippen molar-refractivity contribution in [1.82, 2.24) is 0 Å². The second-order valence-corrected chi connectivity index (χ2v) is 15.6. The fraction of sp³-hybridized carbons (Fsp3) is 0.875. The molecule has 3 fully saturated rings. The summed E-state index contributed by atoms with van der Waals surface area (Å²) in [7, 11) is 0. The fourth-order valence-electron chi connectivity index (χ4n) is 9.18. The summed E-state index contributed by atoms with van der Waals surface area (Å²) in [6, 6.07) is 0. The van der Waals surface area contributed by atoms with Crippen molar-refractivity contribution in [2.45, 2.75) is 133 Å². The van der Waals surface area contributed by atoms with E-state index in [0.29, 0.717) is 18.4 Å². The van der Waals surface area contributed by atoms with Crippen molar-refractivity contribution in [3.8, 4) is 0 Å². The van der Waals surface area contributed by atoms with Gasteiger partial charge in [-0.15, -0.1) is 0 Å². The molecular formula is C32H54O4. The van der Waals surface area contributed by atoms with Crippen LogP contribution in [0.2, 0.25) is 0 Å². The van der Waals surface area contributed by atoms with E-state index in [1.54, 1.807) is 6.92 Å². The predicted octanol–water partition coefficient (Wildman–Crippen LogP) is 7.83. The van der Waals surface area contributed by atoms with Gasteiger partial charge in [0.1, 0.15) is 5.78 Å². The third kappa shape index (κ3) is 4.74. The van der Waals surface area contributed by atoms with Crippen LogP contribution in [-0.2, 0) is 9.59 Å². The van der Waals surface area contributed by atoms with E-state index in [9.17, 15) is 19.8 Å². The Morgan fingerprint density at radius 3 is 2.22 bits per heavy atom. The van der Waals surface area contributed by atoms with E-state index in [0.717, 1.165) is 51.2 Å². The van der Waals surface area contributed by atoms with Gasteiger partial charge in [-0.1, -0.05) is 62.3 Å². The molecule has 3 saturated carbocycles. The van der Waals surface area contributed by atoms with E-state index in [2.05, 4.69) is 48.5 Å². The largest absolute Gasteiger partial charge is 0.515 e. The average molecular weight is 503 g/mol. The molecule has 3 rings (SSSR count). The highest BCUT2D eigenvalue weighted by atomic mass is 16.3. The number of hydrogen-bond donors (Lipinski definition) is 2. The number of hydrogen-bond acceptors (Lipinski definition) is 4. The molecule has 6 atom stereocenters. The van der Waals surface area contributed by atoms with Gasteiger partial charge in [0.25, 0.3) is 0 Å². The maximum atomic E-state index is 13.2. The number of allylic oxidation sites excluding steroid dienone is 1. The van der Waals surface area contributed by atoms with Crippen molar-refractivity contribution in [2.24, 2.45) is 44.8 Å². The van der Waals surface area contributed by atoms with Gasteiger partial charge in [-0.25, -0.2) is 0 Å². The molecule has 3 aliphatic rings. The van der Waals surface area contributed by atoms with Gasteiger partial charge in [-0.05, 0) is 97.7 Å². The first kappa shape index (κ1) is 29.4. The smallest absolute Gasteiger partial charge is 0.167 e. The Morgan fingerprint density at radius 2 is 1.69 bits per heavy atom. The minimum Gasteiger partial charge on any atom is -0.515 e. The summed E-state index contributed by atoms with van der Waals surface area (Å²) in [6.45, 7) is 21.9. The molecule has 4 nitrogen and oxygen atoms in total. The van der Waals surface area contributed by atoms with Crippen molar-refractivity contribution in [1.29, 1.82) is 0 Å². The second kappa shape index (κ2) is 9.24. The number of rotatable bonds is 6.